The summed E-state index contributed by atoms with van der Waals surface area (Å²) in [5.41, 5.74) is 1.28. The molecule has 2 fully saturated rings. The van der Waals surface area contributed by atoms with Gasteiger partial charge in [-0.25, -0.2) is 0 Å². The normalized spacial score (nSPS) is 29.1. The summed E-state index contributed by atoms with van der Waals surface area (Å²) in [4.78, 5) is 4.41. The van der Waals surface area contributed by atoms with Crippen molar-refractivity contribution in [2.24, 2.45) is 10.9 Å². The number of halogens is 1. The van der Waals surface area contributed by atoms with Gasteiger partial charge in [0.25, 0.3) is 0 Å². The zero-order valence-electron chi connectivity index (χ0n) is 15.9. The first kappa shape index (κ1) is 21.8. The van der Waals surface area contributed by atoms with E-state index in [4.69, 9.17) is 4.74 Å². The molecule has 3 atom stereocenters. The highest BCUT2D eigenvalue weighted by Crippen LogP contribution is 2.37. The Bertz CT molecular complexity index is 563. The van der Waals surface area contributed by atoms with Crippen molar-refractivity contribution in [1.29, 1.82) is 0 Å². The highest BCUT2D eigenvalue weighted by molar-refractivity contribution is 14.0. The number of guanidine groups is 1. The highest BCUT2D eigenvalue weighted by atomic mass is 127. The first-order chi connectivity index (χ1) is 12.2. The van der Waals surface area contributed by atoms with Crippen LogP contribution < -0.4 is 10.6 Å². The minimum Gasteiger partial charge on any atom is -0.373 e. The Morgan fingerprint density at radius 1 is 1.27 bits per heavy atom. The second-order valence-corrected chi connectivity index (χ2v) is 9.00. The van der Waals surface area contributed by atoms with Crippen molar-refractivity contribution in [3.8, 4) is 0 Å². The molecule has 2 aliphatic rings. The molecule has 3 unspecified atom stereocenters. The molecule has 0 radical (unpaired) electrons. The maximum absolute atomic E-state index is 6.10. The van der Waals surface area contributed by atoms with Gasteiger partial charge in [0.2, 0.25) is 0 Å². The maximum atomic E-state index is 6.10. The van der Waals surface area contributed by atoms with Gasteiger partial charge in [-0.2, -0.15) is 11.8 Å². The molecule has 0 spiro atoms. The number of nitrogens with one attached hydrogen (secondary N) is 2. The van der Waals surface area contributed by atoms with E-state index in [0.29, 0.717) is 10.7 Å². The Hall–Kier alpha value is -0.470. The minimum atomic E-state index is 0. The van der Waals surface area contributed by atoms with Crippen LogP contribution in [0, 0.1) is 5.92 Å². The Morgan fingerprint density at radius 3 is 2.77 bits per heavy atom. The van der Waals surface area contributed by atoms with Crippen molar-refractivity contribution in [2.75, 3.05) is 32.5 Å². The van der Waals surface area contributed by atoms with Gasteiger partial charge in [-0.15, -0.1) is 24.0 Å². The number of rotatable bonds is 5. The van der Waals surface area contributed by atoms with Crippen molar-refractivity contribution in [3.63, 3.8) is 0 Å². The van der Waals surface area contributed by atoms with Gasteiger partial charge in [-0.3, -0.25) is 4.99 Å². The van der Waals surface area contributed by atoms with Gasteiger partial charge in [0.05, 0.1) is 6.10 Å². The monoisotopic (exact) mass is 489 g/mol. The third-order valence-electron chi connectivity index (χ3n) is 5.26. The van der Waals surface area contributed by atoms with Gasteiger partial charge < -0.3 is 15.4 Å². The van der Waals surface area contributed by atoms with Crippen LogP contribution in [0.2, 0.25) is 0 Å². The van der Waals surface area contributed by atoms with E-state index >= 15 is 0 Å². The summed E-state index contributed by atoms with van der Waals surface area (Å²) in [6.07, 6.45) is 5.12. The number of hydrogen-bond donors (Lipinski definition) is 2. The zero-order valence-corrected chi connectivity index (χ0v) is 19.0. The van der Waals surface area contributed by atoms with Crippen LogP contribution in [0.5, 0.6) is 0 Å². The van der Waals surface area contributed by atoms with Crippen LogP contribution in [0.3, 0.4) is 0 Å². The molecule has 0 aliphatic carbocycles. The molecular formula is C20H32IN3OS. The smallest absolute Gasteiger partial charge is 0.191 e. The SMILES string of the molecule is CN=C(NCC1CCCOC1c1ccccc1)NCC1(C)CCCS1.I. The highest BCUT2D eigenvalue weighted by Gasteiger charge is 2.30. The van der Waals surface area contributed by atoms with Crippen LogP contribution in [0.15, 0.2) is 35.3 Å². The van der Waals surface area contributed by atoms with Crippen molar-refractivity contribution >= 4 is 41.7 Å². The van der Waals surface area contributed by atoms with Gasteiger partial charge in [-0.1, -0.05) is 30.3 Å². The van der Waals surface area contributed by atoms with Crippen LogP contribution in [0.25, 0.3) is 0 Å². The standard InChI is InChI=1S/C20H31N3OS.HI/c1-20(11-7-13-25-20)15-23-19(21-2)22-14-17-10-6-12-24-18(17)16-8-4-3-5-9-16;/h3-5,8-9,17-18H,6-7,10-15H2,1-2H3,(H2,21,22,23);1H. The first-order valence-electron chi connectivity index (χ1n) is 9.45. The fraction of sp³-hybridized carbons (Fsp3) is 0.650. The lowest BCUT2D eigenvalue weighted by Gasteiger charge is -2.33. The first-order valence-corrected chi connectivity index (χ1v) is 10.4. The maximum Gasteiger partial charge on any atom is 0.191 e. The molecule has 146 valence electrons. The Labute approximate surface area is 179 Å². The van der Waals surface area contributed by atoms with E-state index in [0.717, 1.165) is 32.1 Å². The van der Waals surface area contributed by atoms with Gasteiger partial charge in [0.15, 0.2) is 5.96 Å². The van der Waals surface area contributed by atoms with E-state index in [1.54, 1.807) is 0 Å². The Kier molecular flexibility index (Phi) is 9.03. The Morgan fingerprint density at radius 2 is 2.08 bits per heavy atom. The molecule has 0 aromatic heterocycles. The topological polar surface area (TPSA) is 45.7 Å². The van der Waals surface area contributed by atoms with Gasteiger partial charge in [0, 0.05) is 37.4 Å². The number of hydrogen-bond acceptors (Lipinski definition) is 3. The molecular weight excluding hydrogens is 457 g/mol. The van der Waals surface area contributed by atoms with Crippen LogP contribution in [0.4, 0.5) is 0 Å². The van der Waals surface area contributed by atoms with Gasteiger partial charge in [0.1, 0.15) is 0 Å². The molecule has 3 rings (SSSR count). The molecule has 2 saturated heterocycles. The van der Waals surface area contributed by atoms with Crippen LogP contribution >= 0.6 is 35.7 Å². The molecule has 0 bridgehead atoms. The van der Waals surface area contributed by atoms with E-state index in [2.05, 4.69) is 64.6 Å². The van der Waals surface area contributed by atoms with Crippen molar-refractivity contribution < 1.29 is 4.74 Å². The summed E-state index contributed by atoms with van der Waals surface area (Å²) in [6.45, 7) is 5.08. The lowest BCUT2D eigenvalue weighted by Crippen LogP contribution is -2.46. The second-order valence-electron chi connectivity index (χ2n) is 7.31. The number of benzene rings is 1. The third kappa shape index (κ3) is 6.02. The fourth-order valence-electron chi connectivity index (χ4n) is 3.76. The predicted octanol–water partition coefficient (Wildman–Crippen LogP) is 4.22. The summed E-state index contributed by atoms with van der Waals surface area (Å²) < 4.78 is 6.44. The minimum absolute atomic E-state index is 0. The van der Waals surface area contributed by atoms with Crippen LogP contribution in [-0.2, 0) is 4.74 Å². The number of nitrogens with zero attached hydrogens (tertiary/aromatic N) is 1. The molecule has 1 aromatic carbocycles. The molecule has 4 nitrogen and oxygen atoms in total. The quantitative estimate of drug-likeness (QED) is 0.370. The van der Waals surface area contributed by atoms with Crippen LogP contribution in [0.1, 0.15) is 44.3 Å². The summed E-state index contributed by atoms with van der Waals surface area (Å²) in [5.74, 6) is 2.67. The molecule has 1 aromatic rings. The molecule has 2 heterocycles. The molecule has 2 aliphatic heterocycles. The van der Waals surface area contributed by atoms with E-state index in [1.807, 2.05) is 7.05 Å². The fourth-order valence-corrected chi connectivity index (χ4v) is 5.00. The predicted molar refractivity (Wildman–Crippen MR) is 123 cm³/mol. The number of aliphatic imine (C=N–C) groups is 1. The lowest BCUT2D eigenvalue weighted by atomic mass is 9.89. The molecule has 6 heteroatoms. The summed E-state index contributed by atoms with van der Waals surface area (Å²) in [6, 6.07) is 10.6. The Balaban J connectivity index is 0.00000243. The van der Waals surface area contributed by atoms with Crippen molar-refractivity contribution in [2.45, 2.75) is 43.5 Å². The van der Waals surface area contributed by atoms with Crippen molar-refractivity contribution in [3.05, 3.63) is 35.9 Å². The summed E-state index contributed by atoms with van der Waals surface area (Å²) in [5, 5.41) is 7.05. The second kappa shape index (κ2) is 10.8. The van der Waals surface area contributed by atoms with E-state index in [1.165, 1.54) is 30.6 Å². The molecule has 0 amide bonds. The van der Waals surface area contributed by atoms with Crippen LogP contribution in [-0.4, -0.2) is 43.2 Å². The van der Waals surface area contributed by atoms with Crippen molar-refractivity contribution in [1.82, 2.24) is 10.6 Å². The zero-order chi connectivity index (χ0) is 17.5. The van der Waals surface area contributed by atoms with Gasteiger partial charge >= 0.3 is 0 Å². The molecule has 26 heavy (non-hydrogen) atoms. The molecule has 0 saturated carbocycles. The van der Waals surface area contributed by atoms with E-state index in [-0.39, 0.29) is 30.1 Å². The average molecular weight is 489 g/mol. The summed E-state index contributed by atoms with van der Waals surface area (Å²) >= 11 is 2.08. The number of ether oxygens (including phenoxy) is 1. The largest absolute Gasteiger partial charge is 0.373 e. The summed E-state index contributed by atoms with van der Waals surface area (Å²) in [7, 11) is 1.85. The van der Waals surface area contributed by atoms with E-state index in [9.17, 15) is 0 Å². The van der Waals surface area contributed by atoms with E-state index < -0.39 is 0 Å². The lowest BCUT2D eigenvalue weighted by molar-refractivity contribution is -0.0265. The third-order valence-corrected chi connectivity index (χ3v) is 6.80. The average Bonchev–Trinajstić information content (AvgIpc) is 3.10. The molecule has 2 N–H and O–H groups in total. The number of thioether (sulfide) groups is 1. The van der Waals surface area contributed by atoms with Gasteiger partial charge in [-0.05, 0) is 43.9 Å².